The van der Waals surface area contributed by atoms with Crippen molar-refractivity contribution in [1.29, 1.82) is 0 Å². The molecule has 1 atom stereocenters. The number of nitrogens with two attached hydrogens (primary N) is 1. The van der Waals surface area contributed by atoms with E-state index in [1.54, 1.807) is 0 Å². The molecule has 3 nitrogen and oxygen atoms in total. The Morgan fingerprint density at radius 1 is 1.14 bits per heavy atom. The molecular weight excluding hydrogens is 260 g/mol. The number of hydrogen-bond donors (Lipinski definition) is 2. The second kappa shape index (κ2) is 6.14. The Bertz CT molecular complexity index is 605. The Morgan fingerprint density at radius 3 is 2.52 bits per heavy atom. The molecule has 0 aliphatic heterocycles. The number of hydrazine groups is 1. The van der Waals surface area contributed by atoms with E-state index in [-0.39, 0.29) is 11.6 Å². The average molecular weight is 284 g/mol. The summed E-state index contributed by atoms with van der Waals surface area (Å²) in [6.45, 7) is 2.79. The predicted molar refractivity (Wildman–Crippen MR) is 86.8 cm³/mol. The van der Waals surface area contributed by atoms with E-state index in [1.165, 1.54) is 29.2 Å². The lowest BCUT2D eigenvalue weighted by atomic mass is 9.86. The van der Waals surface area contributed by atoms with E-state index in [0.717, 1.165) is 19.4 Å². The summed E-state index contributed by atoms with van der Waals surface area (Å²) >= 11 is 0. The van der Waals surface area contributed by atoms with Gasteiger partial charge in [-0.15, -0.1) is 0 Å². The first-order valence-corrected chi connectivity index (χ1v) is 7.88. The van der Waals surface area contributed by atoms with Crippen LogP contribution in [0.25, 0.3) is 10.8 Å². The summed E-state index contributed by atoms with van der Waals surface area (Å²) in [5.74, 6) is 5.91. The van der Waals surface area contributed by atoms with Crippen LogP contribution in [-0.4, -0.2) is 12.2 Å². The molecule has 21 heavy (non-hydrogen) atoms. The van der Waals surface area contributed by atoms with E-state index >= 15 is 0 Å². The lowest BCUT2D eigenvalue weighted by Crippen LogP contribution is -2.46. The van der Waals surface area contributed by atoms with Gasteiger partial charge in [-0.2, -0.15) is 0 Å². The highest BCUT2D eigenvalue weighted by Gasteiger charge is 2.42. The third-order valence-corrected chi connectivity index (χ3v) is 4.68. The van der Waals surface area contributed by atoms with Gasteiger partial charge in [-0.3, -0.25) is 11.3 Å². The Kier molecular flexibility index (Phi) is 4.24. The van der Waals surface area contributed by atoms with Gasteiger partial charge < -0.3 is 4.74 Å². The molecule has 1 unspecified atom stereocenters. The van der Waals surface area contributed by atoms with Crippen molar-refractivity contribution in [2.75, 3.05) is 6.61 Å². The van der Waals surface area contributed by atoms with Gasteiger partial charge in [0, 0.05) is 6.61 Å². The van der Waals surface area contributed by atoms with Gasteiger partial charge in [-0.1, -0.05) is 49.2 Å². The maximum Gasteiger partial charge on any atom is 0.0889 e. The van der Waals surface area contributed by atoms with Gasteiger partial charge in [0.25, 0.3) is 0 Å². The van der Waals surface area contributed by atoms with Gasteiger partial charge in [-0.05, 0) is 42.2 Å². The van der Waals surface area contributed by atoms with Gasteiger partial charge in [0.2, 0.25) is 0 Å². The molecule has 3 heteroatoms. The van der Waals surface area contributed by atoms with Crippen LogP contribution < -0.4 is 11.3 Å². The molecule has 0 saturated heterocycles. The van der Waals surface area contributed by atoms with E-state index in [4.69, 9.17) is 10.6 Å². The van der Waals surface area contributed by atoms with Crippen molar-refractivity contribution >= 4 is 10.8 Å². The van der Waals surface area contributed by atoms with Crippen LogP contribution in [0.3, 0.4) is 0 Å². The topological polar surface area (TPSA) is 47.3 Å². The molecule has 0 bridgehead atoms. The zero-order valence-corrected chi connectivity index (χ0v) is 12.6. The number of ether oxygens (including phenoxy) is 1. The van der Waals surface area contributed by atoms with E-state index < -0.39 is 0 Å². The zero-order valence-electron chi connectivity index (χ0n) is 12.6. The van der Waals surface area contributed by atoms with Crippen LogP contribution >= 0.6 is 0 Å². The van der Waals surface area contributed by atoms with Crippen LogP contribution in [0.5, 0.6) is 0 Å². The van der Waals surface area contributed by atoms with Crippen LogP contribution in [0.2, 0.25) is 0 Å². The summed E-state index contributed by atoms with van der Waals surface area (Å²) < 4.78 is 6.17. The largest absolute Gasteiger partial charge is 0.373 e. The first-order valence-electron chi connectivity index (χ1n) is 7.88. The van der Waals surface area contributed by atoms with Crippen molar-refractivity contribution in [2.24, 2.45) is 5.84 Å². The molecular formula is C18H24N2O. The van der Waals surface area contributed by atoms with E-state index in [2.05, 4.69) is 54.8 Å². The van der Waals surface area contributed by atoms with Gasteiger partial charge in [0.05, 0.1) is 11.6 Å². The summed E-state index contributed by atoms with van der Waals surface area (Å²) in [6.07, 6.45) is 4.57. The molecule has 1 fully saturated rings. The summed E-state index contributed by atoms with van der Waals surface area (Å²) in [4.78, 5) is 0. The minimum Gasteiger partial charge on any atom is -0.373 e. The second-order valence-electron chi connectivity index (χ2n) is 5.91. The summed E-state index contributed by atoms with van der Waals surface area (Å²) in [6, 6.07) is 15.1. The lowest BCUT2D eigenvalue weighted by Gasteiger charge is -2.37. The standard InChI is InChI=1S/C18H24N2O/c1-2-21-18(11-5-6-12-18)17(20-19)16-10-9-14-7-3-4-8-15(14)13-16/h3-4,7-10,13,17,20H,2,5-6,11-12,19H2,1H3. The second-order valence-corrected chi connectivity index (χ2v) is 5.91. The van der Waals surface area contributed by atoms with Crippen LogP contribution in [0.4, 0.5) is 0 Å². The molecule has 3 rings (SSSR count). The van der Waals surface area contributed by atoms with Crippen molar-refractivity contribution in [3.8, 4) is 0 Å². The zero-order chi connectivity index (χ0) is 14.7. The van der Waals surface area contributed by atoms with E-state index in [0.29, 0.717) is 0 Å². The lowest BCUT2D eigenvalue weighted by molar-refractivity contribution is -0.0626. The molecule has 2 aromatic carbocycles. The third-order valence-electron chi connectivity index (χ3n) is 4.68. The van der Waals surface area contributed by atoms with Crippen LogP contribution in [0.15, 0.2) is 42.5 Å². The van der Waals surface area contributed by atoms with Crippen molar-refractivity contribution < 1.29 is 4.74 Å². The molecule has 1 aliphatic rings. The molecule has 0 radical (unpaired) electrons. The van der Waals surface area contributed by atoms with Crippen LogP contribution in [0, 0.1) is 0 Å². The Balaban J connectivity index is 2.00. The van der Waals surface area contributed by atoms with Gasteiger partial charge >= 0.3 is 0 Å². The molecule has 0 spiro atoms. The molecule has 1 saturated carbocycles. The highest BCUT2D eigenvalue weighted by molar-refractivity contribution is 5.83. The normalized spacial score (nSPS) is 19.0. The fourth-order valence-corrected chi connectivity index (χ4v) is 3.72. The van der Waals surface area contributed by atoms with E-state index in [9.17, 15) is 0 Å². The van der Waals surface area contributed by atoms with E-state index in [1.807, 2.05) is 0 Å². The molecule has 0 amide bonds. The van der Waals surface area contributed by atoms with Crippen molar-refractivity contribution in [2.45, 2.75) is 44.2 Å². The fraction of sp³-hybridized carbons (Fsp3) is 0.444. The maximum atomic E-state index is 6.17. The summed E-state index contributed by atoms with van der Waals surface area (Å²) in [7, 11) is 0. The molecule has 0 heterocycles. The van der Waals surface area contributed by atoms with Crippen molar-refractivity contribution in [3.05, 3.63) is 48.0 Å². The quantitative estimate of drug-likeness (QED) is 0.650. The van der Waals surface area contributed by atoms with Crippen molar-refractivity contribution in [1.82, 2.24) is 5.43 Å². The van der Waals surface area contributed by atoms with Gasteiger partial charge in [0.15, 0.2) is 0 Å². The number of nitrogens with one attached hydrogen (secondary N) is 1. The van der Waals surface area contributed by atoms with Crippen LogP contribution in [-0.2, 0) is 4.74 Å². The monoisotopic (exact) mass is 284 g/mol. The molecule has 3 N–H and O–H groups in total. The summed E-state index contributed by atoms with van der Waals surface area (Å²) in [5, 5.41) is 2.51. The molecule has 112 valence electrons. The third kappa shape index (κ3) is 2.69. The highest BCUT2D eigenvalue weighted by Crippen LogP contribution is 2.43. The Labute approximate surface area is 126 Å². The number of benzene rings is 2. The minimum atomic E-state index is -0.161. The van der Waals surface area contributed by atoms with Crippen molar-refractivity contribution in [3.63, 3.8) is 0 Å². The first kappa shape index (κ1) is 14.5. The smallest absolute Gasteiger partial charge is 0.0889 e. The summed E-state index contributed by atoms with van der Waals surface area (Å²) in [5.41, 5.74) is 4.08. The highest BCUT2D eigenvalue weighted by atomic mass is 16.5. The fourth-order valence-electron chi connectivity index (χ4n) is 3.72. The number of hydrogen-bond acceptors (Lipinski definition) is 3. The Morgan fingerprint density at radius 2 is 1.86 bits per heavy atom. The van der Waals surface area contributed by atoms with Crippen LogP contribution in [0.1, 0.15) is 44.2 Å². The average Bonchev–Trinajstić information content (AvgIpc) is 2.97. The molecule has 0 aromatic heterocycles. The number of fused-ring (bicyclic) bond motifs is 1. The van der Waals surface area contributed by atoms with Gasteiger partial charge in [-0.25, -0.2) is 0 Å². The number of rotatable bonds is 5. The maximum absolute atomic E-state index is 6.17. The first-order chi connectivity index (χ1) is 10.3. The molecule has 1 aliphatic carbocycles. The predicted octanol–water partition coefficient (Wildman–Crippen LogP) is 3.69. The minimum absolute atomic E-state index is 0.0459. The Hall–Kier alpha value is -1.42. The molecule has 2 aromatic rings. The van der Waals surface area contributed by atoms with Gasteiger partial charge in [0.1, 0.15) is 0 Å². The SMILES string of the molecule is CCOC1(C(NN)c2ccc3ccccc3c2)CCCC1.